The Balaban J connectivity index is 0.00000841. The molecule has 0 bridgehead atoms. The van der Waals surface area contributed by atoms with Crippen molar-refractivity contribution in [2.75, 3.05) is 13.6 Å². The van der Waals surface area contributed by atoms with E-state index < -0.39 is 29.7 Å². The second-order valence-electron chi connectivity index (χ2n) is 7.89. The maximum atomic E-state index is 14.0. The highest BCUT2D eigenvalue weighted by atomic mass is 127. The summed E-state index contributed by atoms with van der Waals surface area (Å²) in [6, 6.07) is 3.70. The van der Waals surface area contributed by atoms with Gasteiger partial charge in [0, 0.05) is 25.7 Å². The van der Waals surface area contributed by atoms with Crippen LogP contribution in [0.1, 0.15) is 40.2 Å². The lowest BCUT2D eigenvalue weighted by Gasteiger charge is -2.29. The second-order valence-corrected chi connectivity index (χ2v) is 7.89. The number of hydrogen-bond donors (Lipinski definition) is 3. The summed E-state index contributed by atoms with van der Waals surface area (Å²) in [5.41, 5.74) is -1.37. The zero-order chi connectivity index (χ0) is 22.2. The Hall–Kier alpha value is -1.92. The Kier molecular flexibility index (Phi) is 11.3. The molecule has 11 heteroatoms. The molecule has 0 heterocycles. The first-order valence-electron chi connectivity index (χ1n) is 9.01. The summed E-state index contributed by atoms with van der Waals surface area (Å²) in [4.78, 5) is 15.9. The number of rotatable bonds is 7. The van der Waals surface area contributed by atoms with E-state index in [1.807, 2.05) is 0 Å². The second kappa shape index (κ2) is 12.1. The van der Waals surface area contributed by atoms with Crippen LogP contribution in [0.3, 0.4) is 0 Å². The van der Waals surface area contributed by atoms with Gasteiger partial charge in [-0.3, -0.25) is 4.99 Å². The van der Waals surface area contributed by atoms with Crippen molar-refractivity contribution in [2.24, 2.45) is 4.99 Å². The van der Waals surface area contributed by atoms with Crippen LogP contribution in [0.2, 0.25) is 0 Å². The van der Waals surface area contributed by atoms with Gasteiger partial charge in [0.05, 0.1) is 5.54 Å². The zero-order valence-corrected chi connectivity index (χ0v) is 20.3. The van der Waals surface area contributed by atoms with E-state index in [0.29, 0.717) is 0 Å². The number of carbonyl (C=O) groups excluding carboxylic acids is 1. The first-order chi connectivity index (χ1) is 13.3. The number of nitrogens with one attached hydrogen (secondary N) is 3. The maximum Gasteiger partial charge on any atom is 0.408 e. The number of guanidine groups is 1. The fourth-order valence-electron chi connectivity index (χ4n) is 2.24. The Morgan fingerprint density at radius 1 is 1.17 bits per heavy atom. The molecule has 1 aromatic rings. The molecule has 1 aromatic carbocycles. The summed E-state index contributed by atoms with van der Waals surface area (Å²) in [6.45, 7) is 5.92. The number of nitrogens with zero attached hydrogens (tertiary/aromatic N) is 1. The van der Waals surface area contributed by atoms with E-state index in [1.54, 1.807) is 34.6 Å². The Labute approximate surface area is 192 Å². The minimum absolute atomic E-state index is 0. The lowest BCUT2D eigenvalue weighted by Crippen LogP contribution is -2.54. The summed E-state index contributed by atoms with van der Waals surface area (Å²) in [5.74, 6) is -0.650. The van der Waals surface area contributed by atoms with Crippen LogP contribution >= 0.6 is 24.0 Å². The van der Waals surface area contributed by atoms with Gasteiger partial charge < -0.3 is 25.4 Å². The zero-order valence-electron chi connectivity index (χ0n) is 17.9. The van der Waals surface area contributed by atoms with Gasteiger partial charge in [-0.2, -0.15) is 8.78 Å². The molecule has 30 heavy (non-hydrogen) atoms. The van der Waals surface area contributed by atoms with Crippen LogP contribution in [-0.2, 0) is 11.3 Å². The van der Waals surface area contributed by atoms with Crippen molar-refractivity contribution in [3.05, 3.63) is 29.6 Å². The molecule has 0 unspecified atom stereocenters. The number of ether oxygens (including phenoxy) is 2. The molecule has 1 amide bonds. The van der Waals surface area contributed by atoms with Gasteiger partial charge in [-0.1, -0.05) is 6.07 Å². The summed E-state index contributed by atoms with van der Waals surface area (Å²) < 4.78 is 48.6. The van der Waals surface area contributed by atoms with Gasteiger partial charge in [0.2, 0.25) is 0 Å². The summed E-state index contributed by atoms with van der Waals surface area (Å²) in [5, 5.41) is 8.56. The third-order valence-electron chi connectivity index (χ3n) is 3.49. The van der Waals surface area contributed by atoms with Crippen molar-refractivity contribution in [3.8, 4) is 5.75 Å². The Morgan fingerprint density at radius 2 is 1.80 bits per heavy atom. The quantitative estimate of drug-likeness (QED) is 0.274. The van der Waals surface area contributed by atoms with E-state index in [4.69, 9.17) is 4.74 Å². The molecule has 0 atom stereocenters. The third-order valence-corrected chi connectivity index (χ3v) is 3.49. The predicted octanol–water partition coefficient (Wildman–Crippen LogP) is 4.01. The van der Waals surface area contributed by atoms with Gasteiger partial charge in [-0.25, -0.2) is 9.18 Å². The highest BCUT2D eigenvalue weighted by molar-refractivity contribution is 14.0. The lowest BCUT2D eigenvalue weighted by atomic mass is 10.1. The first kappa shape index (κ1) is 28.1. The summed E-state index contributed by atoms with van der Waals surface area (Å²) >= 11 is 0. The fourth-order valence-corrected chi connectivity index (χ4v) is 2.24. The molecule has 0 saturated heterocycles. The van der Waals surface area contributed by atoms with Gasteiger partial charge in [-0.05, 0) is 46.8 Å². The van der Waals surface area contributed by atoms with Crippen LogP contribution in [0, 0.1) is 5.82 Å². The highest BCUT2D eigenvalue weighted by Gasteiger charge is 2.25. The standard InChI is InChI=1S/C19H29F3N4O3.HI/c1-18(2,3)29-17(27)26-19(4,5)11-25-16(23-6)24-10-12-13(20)8-7-9-14(12)28-15(21)22;/h7-9,15H,10-11H2,1-6H3,(H,26,27)(H2,23,24,25);1H. The molecule has 0 spiro atoms. The molecule has 3 N–H and O–H groups in total. The number of benzene rings is 1. The molecule has 7 nitrogen and oxygen atoms in total. The van der Waals surface area contributed by atoms with Crippen LogP contribution in [0.5, 0.6) is 5.75 Å². The van der Waals surface area contributed by atoms with Crippen LogP contribution in [0.25, 0.3) is 0 Å². The number of aliphatic imine (C=N–C) groups is 1. The minimum atomic E-state index is -3.06. The molecule has 1 rings (SSSR count). The maximum absolute atomic E-state index is 14.0. The van der Waals surface area contributed by atoms with E-state index in [1.165, 1.54) is 19.2 Å². The van der Waals surface area contributed by atoms with Crippen molar-refractivity contribution in [3.63, 3.8) is 0 Å². The van der Waals surface area contributed by atoms with Gasteiger partial charge in [0.1, 0.15) is 17.2 Å². The van der Waals surface area contributed by atoms with Gasteiger partial charge in [0.25, 0.3) is 0 Å². The lowest BCUT2D eigenvalue weighted by molar-refractivity contribution is -0.0506. The van der Waals surface area contributed by atoms with Crippen molar-refractivity contribution >= 4 is 36.0 Å². The van der Waals surface area contributed by atoms with Crippen molar-refractivity contribution in [1.29, 1.82) is 0 Å². The normalized spacial score (nSPS) is 12.1. The van der Waals surface area contributed by atoms with Crippen LogP contribution < -0.4 is 20.7 Å². The molecule has 0 aliphatic rings. The van der Waals surface area contributed by atoms with E-state index in [9.17, 15) is 18.0 Å². The van der Waals surface area contributed by atoms with E-state index in [-0.39, 0.29) is 54.3 Å². The average molecular weight is 546 g/mol. The molecule has 0 aromatic heterocycles. The molecule has 172 valence electrons. The van der Waals surface area contributed by atoms with Gasteiger partial charge >= 0.3 is 12.7 Å². The average Bonchev–Trinajstić information content (AvgIpc) is 2.54. The SMILES string of the molecule is CN=C(NCc1c(F)cccc1OC(F)F)NCC(C)(C)NC(=O)OC(C)(C)C.I. The van der Waals surface area contributed by atoms with Crippen molar-refractivity contribution in [1.82, 2.24) is 16.0 Å². The first-order valence-corrected chi connectivity index (χ1v) is 9.01. The molecule has 0 saturated carbocycles. The van der Waals surface area contributed by atoms with Crippen molar-refractivity contribution in [2.45, 2.75) is 58.9 Å². The molecule has 0 aliphatic heterocycles. The molecule has 0 fully saturated rings. The smallest absolute Gasteiger partial charge is 0.408 e. The molecule has 0 radical (unpaired) electrons. The Bertz CT molecular complexity index is 725. The van der Waals surface area contributed by atoms with Crippen molar-refractivity contribution < 1.29 is 27.4 Å². The number of amides is 1. The number of alkyl carbamates (subject to hydrolysis) is 1. The minimum Gasteiger partial charge on any atom is -0.444 e. The number of alkyl halides is 2. The van der Waals surface area contributed by atoms with Crippen LogP contribution in [0.15, 0.2) is 23.2 Å². The van der Waals surface area contributed by atoms with E-state index in [0.717, 1.165) is 6.07 Å². The number of carbonyl (C=O) groups is 1. The highest BCUT2D eigenvalue weighted by Crippen LogP contribution is 2.23. The monoisotopic (exact) mass is 546 g/mol. The summed E-state index contributed by atoms with van der Waals surface area (Å²) in [6.07, 6.45) is -0.563. The number of hydrogen-bond acceptors (Lipinski definition) is 4. The topological polar surface area (TPSA) is 84.0 Å². The molecular weight excluding hydrogens is 516 g/mol. The predicted molar refractivity (Wildman–Crippen MR) is 120 cm³/mol. The van der Waals surface area contributed by atoms with Gasteiger partial charge in [-0.15, -0.1) is 24.0 Å². The fraction of sp³-hybridized carbons (Fsp3) is 0.579. The van der Waals surface area contributed by atoms with Crippen LogP contribution in [-0.4, -0.2) is 43.4 Å². The van der Waals surface area contributed by atoms with E-state index >= 15 is 0 Å². The molecule has 0 aliphatic carbocycles. The largest absolute Gasteiger partial charge is 0.444 e. The summed E-state index contributed by atoms with van der Waals surface area (Å²) in [7, 11) is 1.50. The Morgan fingerprint density at radius 3 is 2.33 bits per heavy atom. The third kappa shape index (κ3) is 10.7. The van der Waals surface area contributed by atoms with E-state index in [2.05, 4.69) is 25.7 Å². The van der Waals surface area contributed by atoms with Crippen LogP contribution in [0.4, 0.5) is 18.0 Å². The number of halogens is 4. The molecular formula is C19H30F3IN4O3. The van der Waals surface area contributed by atoms with Gasteiger partial charge in [0.15, 0.2) is 5.96 Å².